The van der Waals surface area contributed by atoms with E-state index in [9.17, 15) is 0 Å². The molecular formula is C51H31N5O. The van der Waals surface area contributed by atoms with Crippen LogP contribution in [0.15, 0.2) is 193 Å². The molecule has 0 saturated heterocycles. The molecule has 0 unspecified atom stereocenters. The summed E-state index contributed by atoms with van der Waals surface area (Å²) in [5.41, 5.74) is 14.7. The van der Waals surface area contributed by atoms with Crippen molar-refractivity contribution in [3.05, 3.63) is 188 Å². The number of aromatic nitrogens is 5. The smallest absolute Gasteiger partial charge is 0.160 e. The lowest BCUT2D eigenvalue weighted by atomic mass is 9.99. The summed E-state index contributed by atoms with van der Waals surface area (Å²) < 4.78 is 11.1. The number of fused-ring (bicyclic) bond motifs is 9. The van der Waals surface area contributed by atoms with Crippen molar-refractivity contribution in [3.8, 4) is 45.0 Å². The molecule has 0 amide bonds. The number of benzene rings is 7. The minimum Gasteiger partial charge on any atom is -0.456 e. The highest BCUT2D eigenvalue weighted by molar-refractivity contribution is 6.10. The second kappa shape index (κ2) is 12.3. The Hall–Kier alpha value is -7.83. The van der Waals surface area contributed by atoms with Crippen molar-refractivity contribution in [2.75, 3.05) is 0 Å². The monoisotopic (exact) mass is 729 g/mol. The third-order valence-corrected chi connectivity index (χ3v) is 11.3. The number of furan rings is 1. The van der Waals surface area contributed by atoms with Crippen molar-refractivity contribution < 1.29 is 4.42 Å². The molecule has 0 spiro atoms. The maximum atomic E-state index is 6.41. The van der Waals surface area contributed by atoms with Gasteiger partial charge in [0, 0.05) is 62.5 Å². The highest BCUT2D eigenvalue weighted by atomic mass is 16.3. The van der Waals surface area contributed by atoms with Gasteiger partial charge in [-0.15, -0.1) is 0 Å². The van der Waals surface area contributed by atoms with Crippen LogP contribution in [0.1, 0.15) is 0 Å². The molecule has 6 heteroatoms. The van der Waals surface area contributed by atoms with Crippen LogP contribution in [0.2, 0.25) is 0 Å². The Labute approximate surface area is 326 Å². The lowest BCUT2D eigenvalue weighted by molar-refractivity contribution is 0.669. The van der Waals surface area contributed by atoms with Crippen molar-refractivity contribution in [1.82, 2.24) is 24.1 Å². The van der Waals surface area contributed by atoms with Gasteiger partial charge in [-0.05, 0) is 101 Å². The number of hydrogen-bond donors (Lipinski definition) is 0. The van der Waals surface area contributed by atoms with Gasteiger partial charge in [-0.1, -0.05) is 91.0 Å². The summed E-state index contributed by atoms with van der Waals surface area (Å²) in [7, 11) is 0. The molecule has 0 N–H and O–H groups in total. The highest BCUT2D eigenvalue weighted by Gasteiger charge is 2.17. The first kappa shape index (κ1) is 31.5. The van der Waals surface area contributed by atoms with E-state index in [0.29, 0.717) is 5.82 Å². The van der Waals surface area contributed by atoms with E-state index in [1.165, 1.54) is 21.8 Å². The van der Waals surface area contributed by atoms with Gasteiger partial charge < -0.3 is 13.6 Å². The third kappa shape index (κ3) is 4.94. The molecule has 12 rings (SSSR count). The molecule has 0 saturated carbocycles. The molecule has 0 atom stereocenters. The predicted octanol–water partition coefficient (Wildman–Crippen LogP) is 13.0. The Bertz CT molecular complexity index is 3490. The van der Waals surface area contributed by atoms with Gasteiger partial charge in [0.1, 0.15) is 11.2 Å². The highest BCUT2D eigenvalue weighted by Crippen LogP contribution is 2.38. The van der Waals surface area contributed by atoms with E-state index >= 15 is 0 Å². The van der Waals surface area contributed by atoms with Crippen molar-refractivity contribution in [1.29, 1.82) is 0 Å². The van der Waals surface area contributed by atoms with E-state index < -0.39 is 0 Å². The molecule has 0 bridgehead atoms. The lowest BCUT2D eigenvalue weighted by Gasteiger charge is -2.11. The lowest BCUT2D eigenvalue weighted by Crippen LogP contribution is -1.95. The van der Waals surface area contributed by atoms with Gasteiger partial charge in [0.05, 0.1) is 27.6 Å². The van der Waals surface area contributed by atoms with Crippen LogP contribution in [0.25, 0.3) is 111 Å². The molecule has 5 aromatic heterocycles. The van der Waals surface area contributed by atoms with Crippen LogP contribution in [0.3, 0.4) is 0 Å². The van der Waals surface area contributed by atoms with E-state index in [2.05, 4.69) is 183 Å². The van der Waals surface area contributed by atoms with Crippen LogP contribution in [0.4, 0.5) is 0 Å². The maximum absolute atomic E-state index is 6.41. The molecule has 57 heavy (non-hydrogen) atoms. The Morgan fingerprint density at radius 2 is 0.860 bits per heavy atom. The summed E-state index contributed by atoms with van der Waals surface area (Å²) in [4.78, 5) is 13.9. The van der Waals surface area contributed by atoms with E-state index in [4.69, 9.17) is 9.40 Å². The fraction of sp³-hybridized carbons (Fsp3) is 0. The van der Waals surface area contributed by atoms with Gasteiger partial charge in [-0.2, -0.15) is 0 Å². The van der Waals surface area contributed by atoms with Gasteiger partial charge in [-0.3, -0.25) is 4.98 Å². The van der Waals surface area contributed by atoms with Crippen molar-refractivity contribution in [3.63, 3.8) is 0 Å². The Morgan fingerprint density at radius 1 is 0.351 bits per heavy atom. The maximum Gasteiger partial charge on any atom is 0.160 e. The molecule has 266 valence electrons. The van der Waals surface area contributed by atoms with Crippen LogP contribution in [0, 0.1) is 0 Å². The number of hydrogen-bond acceptors (Lipinski definition) is 4. The van der Waals surface area contributed by atoms with Crippen LogP contribution >= 0.6 is 0 Å². The fourth-order valence-electron chi connectivity index (χ4n) is 8.66. The Balaban J connectivity index is 0.963. The summed E-state index contributed by atoms with van der Waals surface area (Å²) >= 11 is 0. The average Bonchev–Trinajstić information content (AvgIpc) is 3.93. The molecule has 0 aliphatic carbocycles. The van der Waals surface area contributed by atoms with Crippen molar-refractivity contribution in [2.24, 2.45) is 0 Å². The first-order valence-corrected chi connectivity index (χ1v) is 19.1. The van der Waals surface area contributed by atoms with Gasteiger partial charge in [0.15, 0.2) is 5.82 Å². The molecular weight excluding hydrogens is 699 g/mol. The van der Waals surface area contributed by atoms with E-state index in [0.717, 1.165) is 83.1 Å². The third-order valence-electron chi connectivity index (χ3n) is 11.3. The largest absolute Gasteiger partial charge is 0.456 e. The molecule has 0 aliphatic rings. The van der Waals surface area contributed by atoms with Gasteiger partial charge >= 0.3 is 0 Å². The summed E-state index contributed by atoms with van der Waals surface area (Å²) in [5, 5.41) is 5.78. The van der Waals surface area contributed by atoms with E-state index in [1.54, 1.807) is 12.4 Å². The number of rotatable bonds is 5. The number of para-hydroxylation sites is 3. The summed E-state index contributed by atoms with van der Waals surface area (Å²) in [6, 6.07) is 60.3. The van der Waals surface area contributed by atoms with Crippen LogP contribution in [0.5, 0.6) is 0 Å². The zero-order chi connectivity index (χ0) is 37.5. The van der Waals surface area contributed by atoms with Crippen LogP contribution in [-0.2, 0) is 0 Å². The topological polar surface area (TPSA) is 61.7 Å². The zero-order valence-electron chi connectivity index (χ0n) is 30.5. The number of pyridine rings is 1. The quantitative estimate of drug-likeness (QED) is 0.177. The minimum absolute atomic E-state index is 0.650. The SMILES string of the molecule is c1cnc(-c2cnc3c4ccccc4n(-c4cccc(-c5ccc6oc7ccc(-c8cccc(-n9c%10ccccc%10c%10ccccc%109)c8)cc7c6c5)c4)c3c2)nc1. The number of nitrogens with zero attached hydrogens (tertiary/aromatic N) is 5. The first-order valence-electron chi connectivity index (χ1n) is 19.1. The second-order valence-corrected chi connectivity index (χ2v) is 14.5. The first-order chi connectivity index (χ1) is 28.2. The van der Waals surface area contributed by atoms with Crippen molar-refractivity contribution >= 4 is 65.7 Å². The standard InChI is InChI=1S/C51H31N5O/c1-4-17-44-39(14-1)40-15-2-5-18-45(40)55(44)37-12-7-10-32(26-37)34-20-22-48-42(28-34)43-29-35(21-23-49(43)57-48)33-11-8-13-38(27-33)56-46-19-6-3-16-41(46)50-47(56)30-36(31-54-50)51-52-24-9-25-53-51/h1-31H. The van der Waals surface area contributed by atoms with Gasteiger partial charge in [0.2, 0.25) is 0 Å². The van der Waals surface area contributed by atoms with E-state index in [1.807, 2.05) is 12.3 Å². The summed E-state index contributed by atoms with van der Waals surface area (Å²) in [6.45, 7) is 0. The van der Waals surface area contributed by atoms with Crippen LogP contribution in [-0.4, -0.2) is 24.1 Å². The average molecular weight is 730 g/mol. The minimum atomic E-state index is 0.650. The fourth-order valence-corrected chi connectivity index (χ4v) is 8.66. The van der Waals surface area contributed by atoms with E-state index in [-0.39, 0.29) is 0 Å². The second-order valence-electron chi connectivity index (χ2n) is 14.5. The Kier molecular flexibility index (Phi) is 6.83. The molecule has 0 aliphatic heterocycles. The Morgan fingerprint density at radius 3 is 1.46 bits per heavy atom. The van der Waals surface area contributed by atoms with Crippen LogP contribution < -0.4 is 0 Å². The summed E-state index contributed by atoms with van der Waals surface area (Å²) in [5.74, 6) is 0.650. The van der Waals surface area contributed by atoms with Gasteiger partial charge in [0.25, 0.3) is 0 Å². The molecule has 0 fully saturated rings. The normalized spacial score (nSPS) is 11.9. The molecule has 0 radical (unpaired) electrons. The summed E-state index contributed by atoms with van der Waals surface area (Å²) in [6.07, 6.45) is 5.39. The van der Waals surface area contributed by atoms with Gasteiger partial charge in [-0.25, -0.2) is 9.97 Å². The zero-order valence-corrected chi connectivity index (χ0v) is 30.5. The van der Waals surface area contributed by atoms with Crippen molar-refractivity contribution in [2.45, 2.75) is 0 Å². The molecule has 12 aromatic rings. The molecule has 6 nitrogen and oxygen atoms in total. The molecule has 7 aromatic carbocycles. The predicted molar refractivity (Wildman–Crippen MR) is 232 cm³/mol. The molecule has 5 heterocycles.